The first-order valence-electron chi connectivity index (χ1n) is 26.5. The summed E-state index contributed by atoms with van der Waals surface area (Å²) in [6.07, 6.45) is 52.2. The largest absolute Gasteiger partial charge is 0.756 e. The van der Waals surface area contributed by atoms with Gasteiger partial charge in [-0.15, -0.1) is 0 Å². The summed E-state index contributed by atoms with van der Waals surface area (Å²) in [4.78, 5) is 37.7. The Kier molecular flexibility index (Phi) is 44.5. The fraction of sp³-hybridized carbons (Fsp3) is 0.887. The third-order valence-electron chi connectivity index (χ3n) is 11.7. The van der Waals surface area contributed by atoms with Gasteiger partial charge in [0.1, 0.15) is 19.8 Å². The van der Waals surface area contributed by atoms with Gasteiger partial charge in [0.05, 0.1) is 27.7 Å². The van der Waals surface area contributed by atoms with Crippen molar-refractivity contribution in [2.45, 2.75) is 258 Å². The van der Waals surface area contributed by atoms with E-state index in [2.05, 4.69) is 38.2 Å². The van der Waals surface area contributed by atoms with Crippen LogP contribution in [-0.2, 0) is 32.7 Å². The summed E-state index contributed by atoms with van der Waals surface area (Å²) in [6.45, 7) is 4.23. The topological polar surface area (TPSA) is 111 Å². The van der Waals surface area contributed by atoms with Crippen molar-refractivity contribution in [2.75, 3.05) is 47.5 Å². The molecule has 0 amide bonds. The molecule has 0 bridgehead atoms. The molecule has 9 nitrogen and oxygen atoms in total. The molecule has 0 aromatic rings. The average Bonchev–Trinajstić information content (AvgIpc) is 3.24. The van der Waals surface area contributed by atoms with Crippen LogP contribution < -0.4 is 4.89 Å². The van der Waals surface area contributed by atoms with E-state index in [1.807, 2.05) is 21.1 Å². The molecule has 2 atom stereocenters. The standard InChI is InChI=1S/C53H102NO8P/c1-6-8-10-12-14-16-18-20-22-23-24-25-26-27-28-29-30-32-33-35-37-39-41-43-45-52(55)59-49-51(50-61-63(57,58)60-48-47-54(3,4)5)62-53(56)46-44-42-40-38-36-34-31-21-19-17-15-13-11-9-7-2/h15,17,21,31,51H,6-14,16,18-20,22-30,32-50H2,1-5H3/b17-15-,31-21-. The quantitative estimate of drug-likeness (QED) is 0.0195. The Hall–Kier alpha value is -1.51. The molecule has 0 heterocycles. The first kappa shape index (κ1) is 61.5. The van der Waals surface area contributed by atoms with Crippen LogP contribution in [0.3, 0.4) is 0 Å². The maximum absolute atomic E-state index is 12.7. The number of carbonyl (C=O) groups is 2. The molecule has 63 heavy (non-hydrogen) atoms. The molecule has 0 fully saturated rings. The second kappa shape index (κ2) is 45.6. The van der Waals surface area contributed by atoms with Crippen molar-refractivity contribution in [3.63, 3.8) is 0 Å². The van der Waals surface area contributed by atoms with Gasteiger partial charge in [-0.25, -0.2) is 0 Å². The van der Waals surface area contributed by atoms with E-state index in [4.69, 9.17) is 18.5 Å². The van der Waals surface area contributed by atoms with E-state index in [-0.39, 0.29) is 32.0 Å². The highest BCUT2D eigenvalue weighted by molar-refractivity contribution is 7.45. The lowest BCUT2D eigenvalue weighted by Gasteiger charge is -2.28. The van der Waals surface area contributed by atoms with Crippen LogP contribution in [0.25, 0.3) is 0 Å². The van der Waals surface area contributed by atoms with Crippen LogP contribution in [0.4, 0.5) is 0 Å². The third-order valence-corrected chi connectivity index (χ3v) is 12.7. The molecule has 0 aromatic carbocycles. The van der Waals surface area contributed by atoms with E-state index >= 15 is 0 Å². The van der Waals surface area contributed by atoms with E-state index in [0.717, 1.165) is 57.8 Å². The number of quaternary nitrogens is 1. The van der Waals surface area contributed by atoms with Gasteiger partial charge in [0.25, 0.3) is 7.82 Å². The van der Waals surface area contributed by atoms with Crippen LogP contribution in [-0.4, -0.2) is 70.0 Å². The van der Waals surface area contributed by atoms with Gasteiger partial charge in [0.2, 0.25) is 0 Å². The highest BCUT2D eigenvalue weighted by Gasteiger charge is 2.21. The van der Waals surface area contributed by atoms with Crippen LogP contribution in [0.5, 0.6) is 0 Å². The summed E-state index contributed by atoms with van der Waals surface area (Å²) in [5.74, 6) is -0.838. The van der Waals surface area contributed by atoms with Gasteiger partial charge in [-0.05, 0) is 44.9 Å². The van der Waals surface area contributed by atoms with E-state index in [0.29, 0.717) is 17.4 Å². The molecular weight excluding hydrogens is 810 g/mol. The molecule has 0 aliphatic rings. The molecule has 0 saturated heterocycles. The van der Waals surface area contributed by atoms with Gasteiger partial charge >= 0.3 is 11.9 Å². The molecular formula is C53H102NO8P. The monoisotopic (exact) mass is 912 g/mol. The summed E-state index contributed by atoms with van der Waals surface area (Å²) in [7, 11) is 1.17. The lowest BCUT2D eigenvalue weighted by Crippen LogP contribution is -2.37. The van der Waals surface area contributed by atoms with Gasteiger partial charge in [-0.2, -0.15) is 0 Å². The molecule has 0 rings (SSSR count). The van der Waals surface area contributed by atoms with Gasteiger partial charge in [0, 0.05) is 12.8 Å². The minimum absolute atomic E-state index is 0.0316. The van der Waals surface area contributed by atoms with E-state index in [1.165, 1.54) is 161 Å². The number of phosphoric acid groups is 1. The fourth-order valence-electron chi connectivity index (χ4n) is 7.57. The van der Waals surface area contributed by atoms with Crippen molar-refractivity contribution in [1.29, 1.82) is 0 Å². The summed E-state index contributed by atoms with van der Waals surface area (Å²) in [5.41, 5.74) is 0. The van der Waals surface area contributed by atoms with Crippen molar-refractivity contribution in [1.82, 2.24) is 0 Å². The molecule has 0 aliphatic carbocycles. The molecule has 2 unspecified atom stereocenters. The Morgan fingerprint density at radius 2 is 0.857 bits per heavy atom. The lowest BCUT2D eigenvalue weighted by molar-refractivity contribution is -0.870. The number of rotatable bonds is 49. The zero-order valence-electron chi connectivity index (χ0n) is 42.0. The lowest BCUT2D eigenvalue weighted by atomic mass is 10.0. The number of ether oxygens (including phenoxy) is 2. The predicted molar refractivity (Wildman–Crippen MR) is 264 cm³/mol. The number of hydrogen-bond acceptors (Lipinski definition) is 8. The van der Waals surface area contributed by atoms with Gasteiger partial charge in [-0.1, -0.05) is 218 Å². The molecule has 10 heteroatoms. The number of unbranched alkanes of at least 4 members (excludes halogenated alkanes) is 31. The minimum atomic E-state index is -4.63. The van der Waals surface area contributed by atoms with Crippen LogP contribution >= 0.6 is 7.82 Å². The van der Waals surface area contributed by atoms with Gasteiger partial charge in [-0.3, -0.25) is 14.2 Å². The number of esters is 2. The van der Waals surface area contributed by atoms with Gasteiger partial charge in [0.15, 0.2) is 6.10 Å². The highest BCUT2D eigenvalue weighted by atomic mass is 31.2. The Bertz CT molecular complexity index is 1120. The molecule has 0 aliphatic heterocycles. The molecule has 0 radical (unpaired) electrons. The Labute approximate surface area is 389 Å². The summed E-state index contributed by atoms with van der Waals surface area (Å²) < 4.78 is 34.0. The van der Waals surface area contributed by atoms with Crippen LogP contribution in [0, 0.1) is 0 Å². The number of nitrogens with zero attached hydrogens (tertiary/aromatic N) is 1. The van der Waals surface area contributed by atoms with Crippen LogP contribution in [0.15, 0.2) is 24.3 Å². The summed E-state index contributed by atoms with van der Waals surface area (Å²) in [5, 5.41) is 0. The maximum Gasteiger partial charge on any atom is 0.306 e. The molecule has 0 aromatic heterocycles. The Morgan fingerprint density at radius 3 is 1.29 bits per heavy atom. The van der Waals surface area contributed by atoms with E-state index in [9.17, 15) is 19.0 Å². The second-order valence-corrected chi connectivity index (χ2v) is 20.7. The molecule has 0 spiro atoms. The smallest absolute Gasteiger partial charge is 0.306 e. The van der Waals surface area contributed by atoms with Gasteiger partial charge < -0.3 is 27.9 Å². The average molecular weight is 912 g/mol. The zero-order chi connectivity index (χ0) is 46.4. The van der Waals surface area contributed by atoms with Crippen molar-refractivity contribution < 1.29 is 42.1 Å². The second-order valence-electron chi connectivity index (χ2n) is 19.2. The summed E-state index contributed by atoms with van der Waals surface area (Å²) >= 11 is 0. The number of phosphoric ester groups is 1. The van der Waals surface area contributed by atoms with Crippen LogP contribution in [0.2, 0.25) is 0 Å². The predicted octanol–water partition coefficient (Wildman–Crippen LogP) is 15.2. The van der Waals surface area contributed by atoms with E-state index in [1.54, 1.807) is 0 Å². The zero-order valence-corrected chi connectivity index (χ0v) is 42.9. The third kappa shape index (κ3) is 49.8. The number of hydrogen-bond donors (Lipinski definition) is 0. The molecule has 0 saturated carbocycles. The highest BCUT2D eigenvalue weighted by Crippen LogP contribution is 2.38. The fourth-order valence-corrected chi connectivity index (χ4v) is 8.30. The minimum Gasteiger partial charge on any atom is -0.756 e. The first-order valence-corrected chi connectivity index (χ1v) is 28.0. The van der Waals surface area contributed by atoms with Crippen molar-refractivity contribution >= 4 is 19.8 Å². The first-order chi connectivity index (χ1) is 30.5. The molecule has 0 N–H and O–H groups in total. The van der Waals surface area contributed by atoms with Crippen LogP contribution in [0.1, 0.15) is 251 Å². The Balaban J connectivity index is 4.15. The van der Waals surface area contributed by atoms with E-state index < -0.39 is 26.5 Å². The Morgan fingerprint density at radius 1 is 0.492 bits per heavy atom. The SMILES string of the molecule is CCCCC/C=C\C/C=C\CCCCCCCC(=O)OC(COC(=O)CCCCCCCCCCCCCCCCCCCCCCCCCC)COP(=O)([O-])OCC[N+](C)(C)C. The number of likely N-dealkylation sites (N-methyl/N-ethyl adjacent to an activating group) is 1. The van der Waals surface area contributed by atoms with Crippen molar-refractivity contribution in [3.05, 3.63) is 24.3 Å². The number of carbonyl (C=O) groups excluding carboxylic acids is 2. The number of allylic oxidation sites excluding steroid dienone is 4. The summed E-state index contributed by atoms with van der Waals surface area (Å²) in [6, 6.07) is 0. The van der Waals surface area contributed by atoms with Crippen molar-refractivity contribution in [2.24, 2.45) is 0 Å². The normalized spacial score (nSPS) is 13.6. The van der Waals surface area contributed by atoms with Crippen molar-refractivity contribution in [3.8, 4) is 0 Å². The molecule has 372 valence electrons. The maximum atomic E-state index is 12.7.